The van der Waals surface area contributed by atoms with Gasteiger partial charge in [-0.3, -0.25) is 4.79 Å². The fourth-order valence-electron chi connectivity index (χ4n) is 2.01. The van der Waals surface area contributed by atoms with E-state index < -0.39 is 6.10 Å². The molecule has 1 N–H and O–H groups in total. The van der Waals surface area contributed by atoms with Crippen LogP contribution in [0, 0.1) is 6.92 Å². The van der Waals surface area contributed by atoms with Gasteiger partial charge in [0.25, 0.3) is 0 Å². The van der Waals surface area contributed by atoms with Gasteiger partial charge < -0.3 is 14.8 Å². The lowest BCUT2D eigenvalue weighted by Gasteiger charge is -2.20. The van der Waals surface area contributed by atoms with E-state index in [2.05, 4.69) is 43.4 Å². The third-order valence-corrected chi connectivity index (χ3v) is 3.37. The van der Waals surface area contributed by atoms with Gasteiger partial charge in [-0.2, -0.15) is 0 Å². The Bertz CT molecular complexity index is 417. The first-order chi connectivity index (χ1) is 10.1. The predicted molar refractivity (Wildman–Crippen MR) is 84.3 cm³/mol. The average Bonchev–Trinajstić information content (AvgIpc) is 2.49. The topological polar surface area (TPSA) is 47.6 Å². The highest BCUT2D eigenvalue weighted by molar-refractivity contribution is 5.80. The number of rotatable bonds is 9. The van der Waals surface area contributed by atoms with Crippen LogP contribution in [0.2, 0.25) is 0 Å². The number of nitrogens with one attached hydrogen (secondary N) is 1. The Hall–Kier alpha value is -1.39. The summed E-state index contributed by atoms with van der Waals surface area (Å²) in [5.74, 6) is -0.0843. The Morgan fingerprint density at radius 3 is 2.43 bits per heavy atom. The molecule has 0 spiro atoms. The maximum Gasteiger partial charge on any atom is 0.249 e. The molecule has 1 aromatic rings. The van der Waals surface area contributed by atoms with Gasteiger partial charge in [-0.25, -0.2) is 0 Å². The number of benzene rings is 1. The van der Waals surface area contributed by atoms with Crippen LogP contribution in [0.3, 0.4) is 0 Å². The highest BCUT2D eigenvalue weighted by atomic mass is 16.5. The minimum atomic E-state index is -0.468. The summed E-state index contributed by atoms with van der Waals surface area (Å²) in [6, 6.07) is 8.27. The summed E-state index contributed by atoms with van der Waals surface area (Å²) >= 11 is 0. The van der Waals surface area contributed by atoms with Gasteiger partial charge in [0.05, 0.1) is 19.3 Å². The fraction of sp³-hybridized carbons (Fsp3) is 0.588. The van der Waals surface area contributed by atoms with Gasteiger partial charge in [0.2, 0.25) is 5.91 Å². The number of aryl methyl sites for hydroxylation is 1. The molecule has 0 aliphatic heterocycles. The highest BCUT2D eigenvalue weighted by Crippen LogP contribution is 2.17. The van der Waals surface area contributed by atoms with Gasteiger partial charge in [0, 0.05) is 6.61 Å². The van der Waals surface area contributed by atoms with Crippen LogP contribution in [-0.4, -0.2) is 31.8 Å². The van der Waals surface area contributed by atoms with E-state index in [0.29, 0.717) is 19.8 Å². The number of hydrogen-bond acceptors (Lipinski definition) is 3. The Morgan fingerprint density at radius 1 is 1.19 bits per heavy atom. The van der Waals surface area contributed by atoms with Crippen molar-refractivity contribution < 1.29 is 14.3 Å². The van der Waals surface area contributed by atoms with Gasteiger partial charge in [0.15, 0.2) is 0 Å². The molecule has 0 bridgehead atoms. The molecule has 2 atom stereocenters. The molecule has 0 aliphatic rings. The fourth-order valence-corrected chi connectivity index (χ4v) is 2.01. The maximum atomic E-state index is 12.1. The standard InChI is InChI=1S/C17H27NO3/c1-5-16(15-9-7-13(3)8-10-15)18-17(19)14(4)21-12-11-20-6-2/h7-10,14,16H,5-6,11-12H2,1-4H3,(H,18,19)/t14-,16+/m1/s1. The van der Waals surface area contributed by atoms with E-state index in [0.717, 1.165) is 12.0 Å². The maximum absolute atomic E-state index is 12.1. The monoisotopic (exact) mass is 293 g/mol. The zero-order chi connectivity index (χ0) is 15.7. The molecular weight excluding hydrogens is 266 g/mol. The second kappa shape index (κ2) is 9.53. The molecule has 0 heterocycles. The van der Waals surface area contributed by atoms with E-state index in [1.165, 1.54) is 5.56 Å². The van der Waals surface area contributed by atoms with Gasteiger partial charge >= 0.3 is 0 Å². The molecule has 21 heavy (non-hydrogen) atoms. The van der Waals surface area contributed by atoms with Crippen molar-refractivity contribution in [3.8, 4) is 0 Å². The minimum absolute atomic E-state index is 0.0241. The molecule has 0 fully saturated rings. The molecule has 1 rings (SSSR count). The van der Waals surface area contributed by atoms with Crippen LogP contribution in [0.5, 0.6) is 0 Å². The molecule has 0 saturated carbocycles. The molecule has 1 aromatic carbocycles. The molecular formula is C17H27NO3. The van der Waals surface area contributed by atoms with Crippen LogP contribution in [0.15, 0.2) is 24.3 Å². The van der Waals surface area contributed by atoms with Crippen molar-refractivity contribution >= 4 is 5.91 Å². The van der Waals surface area contributed by atoms with Crippen molar-refractivity contribution in [2.24, 2.45) is 0 Å². The molecule has 0 saturated heterocycles. The van der Waals surface area contributed by atoms with E-state index in [4.69, 9.17) is 9.47 Å². The Labute approximate surface area is 127 Å². The van der Waals surface area contributed by atoms with E-state index in [9.17, 15) is 4.79 Å². The van der Waals surface area contributed by atoms with Crippen molar-refractivity contribution in [1.29, 1.82) is 0 Å². The number of amides is 1. The largest absolute Gasteiger partial charge is 0.379 e. The summed E-state index contributed by atoms with van der Waals surface area (Å²) < 4.78 is 10.7. The molecule has 0 aromatic heterocycles. The second-order valence-corrected chi connectivity index (χ2v) is 5.09. The lowest BCUT2D eigenvalue weighted by atomic mass is 10.0. The number of hydrogen-bond donors (Lipinski definition) is 1. The minimum Gasteiger partial charge on any atom is -0.379 e. The summed E-state index contributed by atoms with van der Waals surface area (Å²) in [5, 5.41) is 3.04. The van der Waals surface area contributed by atoms with Gasteiger partial charge in [-0.05, 0) is 32.8 Å². The quantitative estimate of drug-likeness (QED) is 0.712. The molecule has 0 unspecified atom stereocenters. The van der Waals surface area contributed by atoms with E-state index in [1.54, 1.807) is 6.92 Å². The van der Waals surface area contributed by atoms with Crippen molar-refractivity contribution in [3.63, 3.8) is 0 Å². The SMILES string of the molecule is CCOCCO[C@H](C)C(=O)N[C@@H](CC)c1ccc(C)cc1. The van der Waals surface area contributed by atoms with Crippen LogP contribution in [0.4, 0.5) is 0 Å². The first kappa shape index (κ1) is 17.7. The van der Waals surface area contributed by atoms with Crippen molar-refractivity contribution in [1.82, 2.24) is 5.32 Å². The van der Waals surface area contributed by atoms with Crippen LogP contribution < -0.4 is 5.32 Å². The molecule has 1 amide bonds. The Morgan fingerprint density at radius 2 is 1.86 bits per heavy atom. The first-order valence-corrected chi connectivity index (χ1v) is 7.64. The lowest BCUT2D eigenvalue weighted by molar-refractivity contribution is -0.133. The smallest absolute Gasteiger partial charge is 0.249 e. The number of carbonyl (C=O) groups is 1. The zero-order valence-electron chi connectivity index (χ0n) is 13.5. The van der Waals surface area contributed by atoms with Crippen LogP contribution in [0.1, 0.15) is 44.4 Å². The van der Waals surface area contributed by atoms with Gasteiger partial charge in [-0.1, -0.05) is 36.8 Å². The van der Waals surface area contributed by atoms with E-state index in [1.807, 2.05) is 6.92 Å². The predicted octanol–water partition coefficient (Wildman–Crippen LogP) is 3.00. The first-order valence-electron chi connectivity index (χ1n) is 7.64. The number of carbonyl (C=O) groups excluding carboxylic acids is 1. The second-order valence-electron chi connectivity index (χ2n) is 5.09. The Kier molecular flexibility index (Phi) is 8.01. The van der Waals surface area contributed by atoms with Gasteiger partial charge in [0.1, 0.15) is 6.10 Å². The molecule has 4 heteroatoms. The summed E-state index contributed by atoms with van der Waals surface area (Å²) in [6.45, 7) is 9.43. The molecule has 118 valence electrons. The summed E-state index contributed by atoms with van der Waals surface area (Å²) in [7, 11) is 0. The summed E-state index contributed by atoms with van der Waals surface area (Å²) in [6.07, 6.45) is 0.380. The van der Waals surface area contributed by atoms with E-state index >= 15 is 0 Å². The van der Waals surface area contributed by atoms with Crippen LogP contribution >= 0.6 is 0 Å². The highest BCUT2D eigenvalue weighted by Gasteiger charge is 2.18. The molecule has 0 radical (unpaired) electrons. The van der Waals surface area contributed by atoms with Crippen LogP contribution in [-0.2, 0) is 14.3 Å². The molecule has 4 nitrogen and oxygen atoms in total. The number of ether oxygens (including phenoxy) is 2. The van der Waals surface area contributed by atoms with Gasteiger partial charge in [-0.15, -0.1) is 0 Å². The zero-order valence-corrected chi connectivity index (χ0v) is 13.5. The average molecular weight is 293 g/mol. The molecule has 0 aliphatic carbocycles. The van der Waals surface area contributed by atoms with E-state index in [-0.39, 0.29) is 11.9 Å². The van der Waals surface area contributed by atoms with Crippen molar-refractivity contribution in [2.75, 3.05) is 19.8 Å². The van der Waals surface area contributed by atoms with Crippen molar-refractivity contribution in [2.45, 2.75) is 46.3 Å². The summed E-state index contributed by atoms with van der Waals surface area (Å²) in [5.41, 5.74) is 2.34. The third-order valence-electron chi connectivity index (χ3n) is 3.37. The Balaban J connectivity index is 2.48. The van der Waals surface area contributed by atoms with Crippen LogP contribution in [0.25, 0.3) is 0 Å². The third kappa shape index (κ3) is 6.27. The normalized spacial score (nSPS) is 13.7. The van der Waals surface area contributed by atoms with Crippen molar-refractivity contribution in [3.05, 3.63) is 35.4 Å². The lowest BCUT2D eigenvalue weighted by Crippen LogP contribution is -2.37. The summed E-state index contributed by atoms with van der Waals surface area (Å²) in [4.78, 5) is 12.1.